The molecule has 126 valence electrons. The SMILES string of the molecule is C[C@H]1OCCN[C@@H]1C(=O)NCCc1nc(C(F)(F)F)cs1.Cl. The van der Waals surface area contributed by atoms with E-state index < -0.39 is 17.9 Å². The summed E-state index contributed by atoms with van der Waals surface area (Å²) in [5.41, 5.74) is -0.884. The van der Waals surface area contributed by atoms with Crippen molar-refractivity contribution < 1.29 is 22.7 Å². The molecular formula is C12H17ClF3N3O2S. The third-order valence-electron chi connectivity index (χ3n) is 3.08. The van der Waals surface area contributed by atoms with Gasteiger partial charge in [0, 0.05) is 24.9 Å². The predicted molar refractivity (Wildman–Crippen MR) is 78.3 cm³/mol. The number of alkyl halides is 3. The number of morpholine rings is 1. The van der Waals surface area contributed by atoms with E-state index >= 15 is 0 Å². The maximum atomic E-state index is 12.4. The summed E-state index contributed by atoms with van der Waals surface area (Å²) in [4.78, 5) is 15.4. The molecule has 0 saturated carbocycles. The zero-order valence-electron chi connectivity index (χ0n) is 11.8. The van der Waals surface area contributed by atoms with Crippen LogP contribution in [0.15, 0.2) is 5.38 Å². The molecule has 0 aliphatic carbocycles. The Labute approximate surface area is 136 Å². The van der Waals surface area contributed by atoms with Gasteiger partial charge < -0.3 is 15.4 Å². The molecule has 1 aliphatic rings. The highest BCUT2D eigenvalue weighted by atomic mass is 35.5. The maximum absolute atomic E-state index is 12.4. The van der Waals surface area contributed by atoms with Gasteiger partial charge in [-0.2, -0.15) is 13.2 Å². The topological polar surface area (TPSA) is 63.2 Å². The van der Waals surface area contributed by atoms with Gasteiger partial charge in [0.1, 0.15) is 6.04 Å². The first-order valence-corrected chi connectivity index (χ1v) is 7.40. The van der Waals surface area contributed by atoms with Gasteiger partial charge in [-0.3, -0.25) is 4.79 Å². The van der Waals surface area contributed by atoms with Gasteiger partial charge in [0.2, 0.25) is 5.91 Å². The highest BCUT2D eigenvalue weighted by Crippen LogP contribution is 2.29. The Morgan fingerprint density at radius 1 is 1.59 bits per heavy atom. The molecule has 5 nitrogen and oxygen atoms in total. The quantitative estimate of drug-likeness (QED) is 0.857. The fraction of sp³-hybridized carbons (Fsp3) is 0.667. The molecule has 0 spiro atoms. The first-order valence-electron chi connectivity index (χ1n) is 6.52. The van der Waals surface area contributed by atoms with E-state index in [2.05, 4.69) is 15.6 Å². The third kappa shape index (κ3) is 5.08. The number of ether oxygens (including phenoxy) is 1. The summed E-state index contributed by atoms with van der Waals surface area (Å²) in [5, 5.41) is 7.06. The monoisotopic (exact) mass is 359 g/mol. The van der Waals surface area contributed by atoms with Crippen LogP contribution in [0.3, 0.4) is 0 Å². The second-order valence-corrected chi connectivity index (χ2v) is 5.62. The molecule has 1 amide bonds. The van der Waals surface area contributed by atoms with Crippen LogP contribution in [0, 0.1) is 0 Å². The molecule has 0 radical (unpaired) electrons. The highest BCUT2D eigenvalue weighted by Gasteiger charge is 2.33. The predicted octanol–water partition coefficient (Wildman–Crippen LogP) is 1.62. The molecule has 1 saturated heterocycles. The average molecular weight is 360 g/mol. The lowest BCUT2D eigenvalue weighted by Crippen LogP contribution is -2.55. The number of hydrogen-bond donors (Lipinski definition) is 2. The van der Waals surface area contributed by atoms with Crippen molar-refractivity contribution in [2.45, 2.75) is 31.7 Å². The Kier molecular flexibility index (Phi) is 7.04. The Balaban J connectivity index is 0.00000242. The minimum absolute atomic E-state index is 0. The van der Waals surface area contributed by atoms with Crippen LogP contribution in [-0.4, -0.2) is 42.7 Å². The van der Waals surface area contributed by atoms with Crippen LogP contribution < -0.4 is 10.6 Å². The van der Waals surface area contributed by atoms with Crippen LogP contribution in [0.1, 0.15) is 17.6 Å². The number of hydrogen-bond acceptors (Lipinski definition) is 5. The lowest BCUT2D eigenvalue weighted by Gasteiger charge is -2.29. The van der Waals surface area contributed by atoms with E-state index in [9.17, 15) is 18.0 Å². The van der Waals surface area contributed by atoms with Crippen LogP contribution in [-0.2, 0) is 22.1 Å². The van der Waals surface area contributed by atoms with Gasteiger partial charge in [-0.05, 0) is 6.92 Å². The molecule has 0 unspecified atom stereocenters. The van der Waals surface area contributed by atoms with E-state index in [1.165, 1.54) is 0 Å². The van der Waals surface area contributed by atoms with Crippen molar-refractivity contribution in [1.29, 1.82) is 0 Å². The van der Waals surface area contributed by atoms with Crippen molar-refractivity contribution in [3.8, 4) is 0 Å². The summed E-state index contributed by atoms with van der Waals surface area (Å²) in [5.74, 6) is -0.213. The first-order chi connectivity index (χ1) is 9.88. The number of aromatic nitrogens is 1. The van der Waals surface area contributed by atoms with E-state index in [-0.39, 0.29) is 37.4 Å². The molecular weight excluding hydrogens is 343 g/mol. The van der Waals surface area contributed by atoms with Gasteiger partial charge in [-0.1, -0.05) is 0 Å². The Morgan fingerprint density at radius 3 is 2.91 bits per heavy atom. The molecule has 1 aromatic rings. The molecule has 0 bridgehead atoms. The number of carbonyl (C=O) groups excluding carboxylic acids is 1. The molecule has 2 atom stereocenters. The van der Waals surface area contributed by atoms with Crippen molar-refractivity contribution in [1.82, 2.24) is 15.6 Å². The molecule has 1 aromatic heterocycles. The van der Waals surface area contributed by atoms with Crippen molar-refractivity contribution in [3.05, 3.63) is 16.1 Å². The molecule has 0 aromatic carbocycles. The maximum Gasteiger partial charge on any atom is 0.434 e. The fourth-order valence-corrected chi connectivity index (χ4v) is 2.79. The molecule has 2 heterocycles. The smallest absolute Gasteiger partial charge is 0.375 e. The summed E-state index contributed by atoms with van der Waals surface area (Å²) in [7, 11) is 0. The molecule has 2 rings (SSSR count). The number of rotatable bonds is 4. The van der Waals surface area contributed by atoms with E-state index in [4.69, 9.17) is 4.74 Å². The van der Waals surface area contributed by atoms with Crippen molar-refractivity contribution in [2.24, 2.45) is 0 Å². The lowest BCUT2D eigenvalue weighted by molar-refractivity contribution is -0.140. The third-order valence-corrected chi connectivity index (χ3v) is 3.99. The second kappa shape index (κ2) is 8.09. The van der Waals surface area contributed by atoms with Gasteiger partial charge >= 0.3 is 6.18 Å². The molecule has 1 fully saturated rings. The van der Waals surface area contributed by atoms with Crippen LogP contribution in [0.4, 0.5) is 13.2 Å². The molecule has 2 N–H and O–H groups in total. The van der Waals surface area contributed by atoms with Crippen molar-refractivity contribution >= 4 is 29.7 Å². The summed E-state index contributed by atoms with van der Waals surface area (Å²) < 4.78 is 42.5. The Bertz CT molecular complexity index is 498. The zero-order chi connectivity index (χ0) is 15.5. The number of thiazole rings is 1. The number of nitrogens with one attached hydrogen (secondary N) is 2. The number of carbonyl (C=O) groups is 1. The van der Waals surface area contributed by atoms with Gasteiger partial charge in [0.25, 0.3) is 0 Å². The van der Waals surface area contributed by atoms with E-state index in [1.807, 2.05) is 0 Å². The van der Waals surface area contributed by atoms with E-state index in [0.717, 1.165) is 16.7 Å². The molecule has 10 heteroatoms. The highest BCUT2D eigenvalue weighted by molar-refractivity contribution is 7.09. The number of halogens is 4. The summed E-state index contributed by atoms with van der Waals surface area (Å²) in [6.07, 6.45) is -4.37. The van der Waals surface area contributed by atoms with Gasteiger partial charge in [0.15, 0.2) is 5.69 Å². The van der Waals surface area contributed by atoms with Gasteiger partial charge in [-0.15, -0.1) is 23.7 Å². The standard InChI is InChI=1S/C12H16F3N3O2S.ClH/c1-7-10(16-4-5-20-7)11(19)17-3-2-9-18-8(6-21-9)12(13,14)15;/h6-7,10,16H,2-5H2,1H3,(H,17,19);1H/t7-,10+;/m1./s1. The second-order valence-electron chi connectivity index (χ2n) is 4.67. The van der Waals surface area contributed by atoms with Crippen LogP contribution in [0.5, 0.6) is 0 Å². The number of amides is 1. The zero-order valence-corrected chi connectivity index (χ0v) is 13.4. The summed E-state index contributed by atoms with van der Waals surface area (Å²) in [6.45, 7) is 3.20. The van der Waals surface area contributed by atoms with Crippen LogP contribution >= 0.6 is 23.7 Å². The summed E-state index contributed by atoms with van der Waals surface area (Å²) in [6, 6.07) is -0.430. The molecule has 1 aliphatic heterocycles. The Morgan fingerprint density at radius 2 is 2.32 bits per heavy atom. The normalized spacial score (nSPS) is 22.0. The van der Waals surface area contributed by atoms with Crippen LogP contribution in [0.25, 0.3) is 0 Å². The average Bonchev–Trinajstić information content (AvgIpc) is 2.88. The molecule has 22 heavy (non-hydrogen) atoms. The van der Waals surface area contributed by atoms with Crippen LogP contribution in [0.2, 0.25) is 0 Å². The Hall–Kier alpha value is -0.900. The van der Waals surface area contributed by atoms with Gasteiger partial charge in [0.05, 0.1) is 17.7 Å². The minimum atomic E-state index is -4.42. The van der Waals surface area contributed by atoms with Crippen molar-refractivity contribution in [3.63, 3.8) is 0 Å². The fourth-order valence-electron chi connectivity index (χ4n) is 1.99. The first kappa shape index (κ1) is 19.1. The minimum Gasteiger partial charge on any atom is -0.375 e. The largest absolute Gasteiger partial charge is 0.434 e. The lowest BCUT2D eigenvalue weighted by atomic mass is 10.1. The van der Waals surface area contributed by atoms with Crippen molar-refractivity contribution in [2.75, 3.05) is 19.7 Å². The van der Waals surface area contributed by atoms with Gasteiger partial charge in [-0.25, -0.2) is 4.98 Å². The van der Waals surface area contributed by atoms with E-state index in [0.29, 0.717) is 18.2 Å². The summed E-state index contributed by atoms with van der Waals surface area (Å²) >= 11 is 0.941. The van der Waals surface area contributed by atoms with E-state index in [1.54, 1.807) is 6.92 Å². The number of nitrogens with zero attached hydrogens (tertiary/aromatic N) is 1.